The first-order valence-electron chi connectivity index (χ1n) is 8.37. The summed E-state index contributed by atoms with van der Waals surface area (Å²) in [6, 6.07) is 11.5. The Morgan fingerprint density at radius 1 is 1.40 bits per heavy atom. The molecule has 0 aliphatic carbocycles. The summed E-state index contributed by atoms with van der Waals surface area (Å²) in [6.07, 6.45) is 2.38. The maximum Gasteiger partial charge on any atom is 0.254 e. The summed E-state index contributed by atoms with van der Waals surface area (Å²) in [5.74, 6) is 1.53. The summed E-state index contributed by atoms with van der Waals surface area (Å²) < 4.78 is 11.1. The smallest absolute Gasteiger partial charge is 0.254 e. The van der Waals surface area contributed by atoms with Gasteiger partial charge in [-0.3, -0.25) is 4.79 Å². The van der Waals surface area contributed by atoms with Crippen molar-refractivity contribution in [3.63, 3.8) is 0 Å². The lowest BCUT2D eigenvalue weighted by molar-refractivity contribution is -0.0208. The van der Waals surface area contributed by atoms with Crippen molar-refractivity contribution < 1.29 is 14.3 Å². The minimum atomic E-state index is -0.0181. The van der Waals surface area contributed by atoms with Crippen LogP contribution >= 0.6 is 0 Å². The number of anilines is 1. The maximum absolute atomic E-state index is 12.8. The van der Waals surface area contributed by atoms with Gasteiger partial charge in [-0.1, -0.05) is 12.1 Å². The predicted molar refractivity (Wildman–Crippen MR) is 96.1 cm³/mol. The molecule has 6 heteroatoms. The predicted octanol–water partition coefficient (Wildman–Crippen LogP) is 2.22. The van der Waals surface area contributed by atoms with Gasteiger partial charge < -0.3 is 19.7 Å². The number of carbonyl (C=O) groups is 1. The van der Waals surface area contributed by atoms with Crippen LogP contribution in [0.3, 0.4) is 0 Å². The van der Waals surface area contributed by atoms with Crippen molar-refractivity contribution in [1.82, 2.24) is 9.88 Å². The maximum atomic E-state index is 12.8. The molecule has 132 valence electrons. The quantitative estimate of drug-likeness (QED) is 0.903. The van der Waals surface area contributed by atoms with Gasteiger partial charge in [-0.15, -0.1) is 0 Å². The molecule has 1 aliphatic rings. The normalized spacial score (nSPS) is 17.2. The molecule has 0 saturated carbocycles. The average molecular weight is 341 g/mol. The number of hydrogen-bond donors (Lipinski definition) is 1. The molecule has 1 aromatic carbocycles. The molecule has 0 radical (unpaired) electrons. The van der Waals surface area contributed by atoms with E-state index in [2.05, 4.69) is 16.4 Å². The number of morpholine rings is 1. The van der Waals surface area contributed by atoms with Crippen molar-refractivity contribution in [3.8, 4) is 5.75 Å². The van der Waals surface area contributed by atoms with E-state index >= 15 is 0 Å². The Kier molecular flexibility index (Phi) is 5.50. The number of benzene rings is 1. The lowest BCUT2D eigenvalue weighted by atomic mass is 10.1. The molecule has 1 amide bonds. The third kappa shape index (κ3) is 4.28. The number of pyridine rings is 1. The van der Waals surface area contributed by atoms with Gasteiger partial charge in [-0.25, -0.2) is 4.98 Å². The van der Waals surface area contributed by atoms with Crippen molar-refractivity contribution in [2.75, 3.05) is 39.2 Å². The van der Waals surface area contributed by atoms with Gasteiger partial charge in [-0.2, -0.15) is 0 Å². The molecule has 0 bridgehead atoms. The standard InChI is InChI=1S/C19H23N3O3/c1-20-18-12-15(6-7-21-18)19(23)22-8-9-25-17(13-22)11-14-4-3-5-16(10-14)24-2/h3-7,10,12,17H,8-9,11,13H2,1-2H3,(H,20,21)/t17-/m0/s1. The van der Waals surface area contributed by atoms with Gasteiger partial charge in [-0.05, 0) is 29.8 Å². The van der Waals surface area contributed by atoms with Crippen LogP contribution < -0.4 is 10.1 Å². The third-order valence-electron chi connectivity index (χ3n) is 4.29. The van der Waals surface area contributed by atoms with E-state index in [1.54, 1.807) is 32.5 Å². The third-order valence-corrected chi connectivity index (χ3v) is 4.29. The number of rotatable bonds is 5. The first-order chi connectivity index (χ1) is 12.2. The van der Waals surface area contributed by atoms with E-state index in [-0.39, 0.29) is 12.0 Å². The molecular formula is C19H23N3O3. The summed E-state index contributed by atoms with van der Waals surface area (Å²) in [6.45, 7) is 1.72. The zero-order valence-electron chi connectivity index (χ0n) is 14.6. The highest BCUT2D eigenvalue weighted by atomic mass is 16.5. The number of ether oxygens (including phenoxy) is 2. The van der Waals surface area contributed by atoms with E-state index in [0.29, 0.717) is 31.1 Å². The fourth-order valence-electron chi connectivity index (χ4n) is 2.97. The van der Waals surface area contributed by atoms with E-state index in [1.165, 1.54) is 0 Å². The summed E-state index contributed by atoms with van der Waals surface area (Å²) in [7, 11) is 3.44. The molecule has 3 rings (SSSR count). The Labute approximate surface area is 147 Å². The van der Waals surface area contributed by atoms with Crippen LogP contribution in [-0.4, -0.2) is 55.7 Å². The summed E-state index contributed by atoms with van der Waals surface area (Å²) in [4.78, 5) is 18.8. The molecule has 2 heterocycles. The molecule has 1 atom stereocenters. The number of nitrogens with one attached hydrogen (secondary N) is 1. The van der Waals surface area contributed by atoms with Gasteiger partial charge in [0.05, 0.1) is 19.8 Å². The van der Waals surface area contributed by atoms with Crippen LogP contribution in [0.5, 0.6) is 5.75 Å². The highest BCUT2D eigenvalue weighted by Crippen LogP contribution is 2.18. The molecule has 1 fully saturated rings. The number of nitrogens with zero attached hydrogens (tertiary/aromatic N) is 2. The minimum absolute atomic E-state index is 0.0119. The van der Waals surface area contributed by atoms with E-state index in [0.717, 1.165) is 17.7 Å². The van der Waals surface area contributed by atoms with E-state index in [4.69, 9.17) is 9.47 Å². The Bertz CT molecular complexity index is 735. The van der Waals surface area contributed by atoms with Crippen molar-refractivity contribution in [2.45, 2.75) is 12.5 Å². The molecular weight excluding hydrogens is 318 g/mol. The summed E-state index contributed by atoms with van der Waals surface area (Å²) in [5, 5.41) is 2.96. The van der Waals surface area contributed by atoms with Gasteiger partial charge in [0.2, 0.25) is 0 Å². The van der Waals surface area contributed by atoms with Gasteiger partial charge in [0.15, 0.2) is 0 Å². The lowest BCUT2D eigenvalue weighted by Gasteiger charge is -2.33. The lowest BCUT2D eigenvalue weighted by Crippen LogP contribution is -2.46. The second-order valence-corrected chi connectivity index (χ2v) is 5.98. The number of methoxy groups -OCH3 is 1. The topological polar surface area (TPSA) is 63.7 Å². The van der Waals surface area contributed by atoms with Crippen LogP contribution in [0.15, 0.2) is 42.6 Å². The number of carbonyl (C=O) groups excluding carboxylic acids is 1. The highest BCUT2D eigenvalue weighted by Gasteiger charge is 2.25. The minimum Gasteiger partial charge on any atom is -0.497 e. The monoisotopic (exact) mass is 341 g/mol. The number of aromatic nitrogens is 1. The first kappa shape index (κ1) is 17.2. The van der Waals surface area contributed by atoms with Crippen LogP contribution in [0.1, 0.15) is 15.9 Å². The van der Waals surface area contributed by atoms with Crippen molar-refractivity contribution in [3.05, 3.63) is 53.7 Å². The van der Waals surface area contributed by atoms with Gasteiger partial charge >= 0.3 is 0 Å². The largest absolute Gasteiger partial charge is 0.497 e. The molecule has 1 aliphatic heterocycles. The van der Waals surface area contributed by atoms with Crippen LogP contribution in [-0.2, 0) is 11.2 Å². The molecule has 1 N–H and O–H groups in total. The van der Waals surface area contributed by atoms with Crippen LogP contribution in [0.25, 0.3) is 0 Å². The Morgan fingerprint density at radius 3 is 3.08 bits per heavy atom. The van der Waals surface area contributed by atoms with E-state index in [9.17, 15) is 4.79 Å². The molecule has 6 nitrogen and oxygen atoms in total. The van der Waals surface area contributed by atoms with Crippen LogP contribution in [0.4, 0.5) is 5.82 Å². The van der Waals surface area contributed by atoms with E-state index in [1.807, 2.05) is 23.1 Å². The Morgan fingerprint density at radius 2 is 2.28 bits per heavy atom. The highest BCUT2D eigenvalue weighted by molar-refractivity contribution is 5.94. The Hall–Kier alpha value is -2.60. The molecule has 0 spiro atoms. The zero-order valence-corrected chi connectivity index (χ0v) is 14.6. The van der Waals surface area contributed by atoms with Crippen molar-refractivity contribution in [1.29, 1.82) is 0 Å². The summed E-state index contributed by atoms with van der Waals surface area (Å²) in [5.41, 5.74) is 1.78. The molecule has 0 unspecified atom stereocenters. The second kappa shape index (κ2) is 7.98. The van der Waals surface area contributed by atoms with Gasteiger partial charge in [0, 0.05) is 38.3 Å². The Balaban J connectivity index is 1.66. The molecule has 1 saturated heterocycles. The number of amides is 1. The van der Waals surface area contributed by atoms with Crippen molar-refractivity contribution in [2.24, 2.45) is 0 Å². The van der Waals surface area contributed by atoms with Crippen LogP contribution in [0, 0.1) is 0 Å². The van der Waals surface area contributed by atoms with Gasteiger partial charge in [0.1, 0.15) is 11.6 Å². The average Bonchev–Trinajstić information content (AvgIpc) is 2.68. The van der Waals surface area contributed by atoms with Crippen molar-refractivity contribution >= 4 is 11.7 Å². The SMILES string of the molecule is CNc1cc(C(=O)N2CCO[C@@H](Cc3cccc(OC)c3)C2)ccn1. The molecule has 2 aromatic rings. The first-order valence-corrected chi connectivity index (χ1v) is 8.37. The van der Waals surface area contributed by atoms with Gasteiger partial charge in [0.25, 0.3) is 5.91 Å². The number of hydrogen-bond acceptors (Lipinski definition) is 5. The zero-order chi connectivity index (χ0) is 17.6. The molecule has 1 aromatic heterocycles. The van der Waals surface area contributed by atoms with E-state index < -0.39 is 0 Å². The second-order valence-electron chi connectivity index (χ2n) is 5.98. The fraction of sp³-hybridized carbons (Fsp3) is 0.368. The molecule has 25 heavy (non-hydrogen) atoms. The van der Waals surface area contributed by atoms with Crippen LogP contribution in [0.2, 0.25) is 0 Å². The fourth-order valence-corrected chi connectivity index (χ4v) is 2.97. The summed E-state index contributed by atoms with van der Waals surface area (Å²) >= 11 is 0.